The van der Waals surface area contributed by atoms with Gasteiger partial charge in [-0.05, 0) is 29.5 Å². The fourth-order valence-electron chi connectivity index (χ4n) is 3.39. The van der Waals surface area contributed by atoms with Crippen LogP contribution in [0.5, 0.6) is 0 Å². The van der Waals surface area contributed by atoms with Crippen LogP contribution >= 0.6 is 0 Å². The number of hydrogen-bond donors (Lipinski definition) is 1. The summed E-state index contributed by atoms with van der Waals surface area (Å²) in [5.41, 5.74) is 4.46. The van der Waals surface area contributed by atoms with Gasteiger partial charge in [0.25, 0.3) is 0 Å². The second-order valence-corrected chi connectivity index (χ2v) is 7.22. The van der Waals surface area contributed by atoms with Gasteiger partial charge >= 0.3 is 0 Å². The maximum Gasteiger partial charge on any atom is 0.228 e. The Bertz CT molecular complexity index is 915. The molecule has 28 heavy (non-hydrogen) atoms. The fourth-order valence-corrected chi connectivity index (χ4v) is 3.39. The Kier molecular flexibility index (Phi) is 6.80. The Morgan fingerprint density at radius 3 is 2.29 bits per heavy atom. The molecule has 0 fully saturated rings. The number of amides is 1. The molecule has 0 bridgehead atoms. The van der Waals surface area contributed by atoms with Crippen molar-refractivity contribution in [3.8, 4) is 0 Å². The number of hydrogen-bond acceptors (Lipinski definition) is 1. The number of allylic oxidation sites excluding steroid dienone is 1. The molecule has 0 radical (unpaired) electrons. The van der Waals surface area contributed by atoms with Gasteiger partial charge in [0.1, 0.15) is 0 Å². The van der Waals surface area contributed by atoms with E-state index in [2.05, 4.69) is 55.6 Å². The minimum atomic E-state index is -0.233. The number of nitrogens with one attached hydrogen (secondary N) is 1. The van der Waals surface area contributed by atoms with E-state index in [0.717, 1.165) is 22.3 Å². The summed E-state index contributed by atoms with van der Waals surface area (Å²) in [5, 5.41) is 3.12. The Balaban J connectivity index is 1.80. The Labute approximate surface area is 167 Å². The van der Waals surface area contributed by atoms with Crippen LogP contribution in [0.1, 0.15) is 35.1 Å². The van der Waals surface area contributed by atoms with Crippen molar-refractivity contribution in [3.05, 3.63) is 113 Å². The first-order chi connectivity index (χ1) is 13.6. The molecule has 2 unspecified atom stereocenters. The maximum absolute atomic E-state index is 13.1. The average molecular weight is 370 g/mol. The van der Waals surface area contributed by atoms with Crippen LogP contribution in [0.2, 0.25) is 0 Å². The molecule has 3 rings (SSSR count). The normalized spacial score (nSPS) is 13.2. The van der Waals surface area contributed by atoms with Crippen molar-refractivity contribution < 1.29 is 4.79 Å². The van der Waals surface area contributed by atoms with Gasteiger partial charge in [-0.15, -0.1) is 0 Å². The fraction of sp³-hybridized carbons (Fsp3) is 0.192. The Morgan fingerprint density at radius 2 is 1.61 bits per heavy atom. The molecule has 0 spiro atoms. The average Bonchev–Trinajstić information content (AvgIpc) is 2.72. The van der Waals surface area contributed by atoms with Gasteiger partial charge in [0.15, 0.2) is 0 Å². The zero-order valence-corrected chi connectivity index (χ0v) is 16.5. The molecule has 3 aromatic rings. The lowest BCUT2D eigenvalue weighted by atomic mass is 9.85. The molecular formula is C26H27NO. The predicted molar refractivity (Wildman–Crippen MR) is 117 cm³/mol. The summed E-state index contributed by atoms with van der Waals surface area (Å²) in [5.74, 6) is -0.110. The summed E-state index contributed by atoms with van der Waals surface area (Å²) in [7, 11) is 0. The number of carbonyl (C=O) groups is 1. The summed E-state index contributed by atoms with van der Waals surface area (Å²) in [6.07, 6.45) is 4.22. The molecule has 0 saturated carbocycles. The Morgan fingerprint density at radius 1 is 0.929 bits per heavy atom. The monoisotopic (exact) mass is 369 g/mol. The minimum absolute atomic E-state index is 0.0552. The van der Waals surface area contributed by atoms with Gasteiger partial charge < -0.3 is 5.32 Å². The summed E-state index contributed by atoms with van der Waals surface area (Å²) < 4.78 is 0. The number of benzene rings is 3. The van der Waals surface area contributed by atoms with Crippen LogP contribution < -0.4 is 5.32 Å². The number of aryl methyl sites for hydroxylation is 1. The molecule has 0 aliphatic heterocycles. The molecule has 3 aromatic carbocycles. The SMILES string of the molecule is Cc1cccc(C(C(=O)NCc2ccccc2)C(C)/C=C/c2ccccc2)c1. The van der Waals surface area contributed by atoms with Crippen LogP contribution in [0.25, 0.3) is 6.08 Å². The van der Waals surface area contributed by atoms with E-state index in [9.17, 15) is 4.79 Å². The smallest absolute Gasteiger partial charge is 0.228 e. The van der Waals surface area contributed by atoms with E-state index >= 15 is 0 Å². The summed E-state index contributed by atoms with van der Waals surface area (Å²) >= 11 is 0. The first-order valence-electron chi connectivity index (χ1n) is 9.75. The lowest BCUT2D eigenvalue weighted by Crippen LogP contribution is -2.32. The molecule has 0 aliphatic carbocycles. The van der Waals surface area contributed by atoms with Gasteiger partial charge in [0, 0.05) is 6.54 Å². The third-order valence-electron chi connectivity index (χ3n) is 4.91. The predicted octanol–water partition coefficient (Wildman–Crippen LogP) is 5.74. The maximum atomic E-state index is 13.1. The van der Waals surface area contributed by atoms with Crippen molar-refractivity contribution in [3.63, 3.8) is 0 Å². The van der Waals surface area contributed by atoms with Crippen molar-refractivity contribution in [1.82, 2.24) is 5.32 Å². The lowest BCUT2D eigenvalue weighted by Gasteiger charge is -2.22. The van der Waals surface area contributed by atoms with E-state index < -0.39 is 0 Å². The van der Waals surface area contributed by atoms with Crippen molar-refractivity contribution >= 4 is 12.0 Å². The first kappa shape index (κ1) is 19.6. The van der Waals surface area contributed by atoms with Crippen LogP contribution in [-0.2, 0) is 11.3 Å². The highest BCUT2D eigenvalue weighted by molar-refractivity contribution is 5.84. The van der Waals surface area contributed by atoms with Gasteiger partial charge in [-0.25, -0.2) is 0 Å². The highest BCUT2D eigenvalue weighted by Crippen LogP contribution is 2.27. The third-order valence-corrected chi connectivity index (χ3v) is 4.91. The molecule has 0 aliphatic rings. The number of carbonyl (C=O) groups excluding carboxylic acids is 1. The van der Waals surface area contributed by atoms with Crippen molar-refractivity contribution in [2.45, 2.75) is 26.3 Å². The van der Waals surface area contributed by atoms with E-state index in [4.69, 9.17) is 0 Å². The Hall–Kier alpha value is -3.13. The molecule has 2 atom stereocenters. The standard InChI is InChI=1S/C26H27NO/c1-20-10-9-15-24(18-20)25(21(2)16-17-22-11-5-3-6-12-22)26(28)27-19-23-13-7-4-8-14-23/h3-18,21,25H,19H2,1-2H3,(H,27,28)/b17-16+. The largest absolute Gasteiger partial charge is 0.351 e. The highest BCUT2D eigenvalue weighted by atomic mass is 16.1. The summed E-state index contributed by atoms with van der Waals surface area (Å²) in [4.78, 5) is 13.1. The molecular weight excluding hydrogens is 342 g/mol. The van der Waals surface area contributed by atoms with Gasteiger partial charge in [0.2, 0.25) is 5.91 Å². The van der Waals surface area contributed by atoms with Gasteiger partial charge in [-0.2, -0.15) is 0 Å². The first-order valence-corrected chi connectivity index (χ1v) is 9.75. The van der Waals surface area contributed by atoms with Gasteiger partial charge in [-0.3, -0.25) is 4.79 Å². The second-order valence-electron chi connectivity index (χ2n) is 7.22. The third kappa shape index (κ3) is 5.43. The molecule has 1 N–H and O–H groups in total. The molecule has 2 heteroatoms. The van der Waals surface area contributed by atoms with Gasteiger partial charge in [0.05, 0.1) is 5.92 Å². The van der Waals surface area contributed by atoms with Crippen molar-refractivity contribution in [2.75, 3.05) is 0 Å². The second kappa shape index (κ2) is 9.70. The van der Waals surface area contributed by atoms with E-state index in [1.165, 1.54) is 0 Å². The van der Waals surface area contributed by atoms with Crippen LogP contribution in [0, 0.1) is 12.8 Å². The van der Waals surface area contributed by atoms with E-state index in [1.807, 2.05) is 60.7 Å². The van der Waals surface area contributed by atoms with Gasteiger partial charge in [-0.1, -0.05) is 110 Å². The zero-order valence-electron chi connectivity index (χ0n) is 16.5. The van der Waals surface area contributed by atoms with Crippen LogP contribution in [0.4, 0.5) is 0 Å². The molecule has 0 heterocycles. The molecule has 2 nitrogen and oxygen atoms in total. The van der Waals surface area contributed by atoms with Crippen LogP contribution in [0.3, 0.4) is 0 Å². The van der Waals surface area contributed by atoms with Crippen molar-refractivity contribution in [1.29, 1.82) is 0 Å². The van der Waals surface area contributed by atoms with Crippen LogP contribution in [-0.4, -0.2) is 5.91 Å². The highest BCUT2D eigenvalue weighted by Gasteiger charge is 2.25. The zero-order chi connectivity index (χ0) is 19.8. The van der Waals surface area contributed by atoms with E-state index in [-0.39, 0.29) is 17.7 Å². The summed E-state index contributed by atoms with van der Waals surface area (Å²) in [6, 6.07) is 28.5. The molecule has 0 aromatic heterocycles. The quantitative estimate of drug-likeness (QED) is 0.565. The van der Waals surface area contributed by atoms with Crippen molar-refractivity contribution in [2.24, 2.45) is 5.92 Å². The topological polar surface area (TPSA) is 29.1 Å². The number of rotatable bonds is 7. The molecule has 1 amide bonds. The lowest BCUT2D eigenvalue weighted by molar-refractivity contribution is -0.123. The molecule has 0 saturated heterocycles. The van der Waals surface area contributed by atoms with E-state index in [0.29, 0.717) is 6.54 Å². The van der Waals surface area contributed by atoms with E-state index in [1.54, 1.807) is 0 Å². The molecule has 142 valence electrons. The minimum Gasteiger partial charge on any atom is -0.351 e. The summed E-state index contributed by atoms with van der Waals surface area (Å²) in [6.45, 7) is 4.71. The van der Waals surface area contributed by atoms with Crippen LogP contribution in [0.15, 0.2) is 91.0 Å².